The lowest BCUT2D eigenvalue weighted by molar-refractivity contribution is -0.161. The molecule has 0 rings (SSSR count). The molecule has 0 aromatic heterocycles. The van der Waals surface area contributed by atoms with Crippen molar-refractivity contribution in [3.05, 3.63) is 12.2 Å². The van der Waals surface area contributed by atoms with Crippen molar-refractivity contribution in [1.29, 1.82) is 0 Å². The number of aliphatic carboxylic acids is 1. The van der Waals surface area contributed by atoms with Gasteiger partial charge in [0.15, 0.2) is 6.10 Å². The van der Waals surface area contributed by atoms with Crippen molar-refractivity contribution in [3.63, 3.8) is 0 Å². The largest absolute Gasteiger partial charge is 0.480 e. The SMILES string of the molecule is CCCCC/C=C\CCCCCCCC(=O)O[C@H](COC(=O)CCCCCCCCCCCCCCCC)COP(=O)(O)OC[C@H](N)C(=O)O. The molecular formula is C38H72NO10P. The van der Waals surface area contributed by atoms with Crippen LogP contribution in [0.25, 0.3) is 0 Å². The van der Waals surface area contributed by atoms with Gasteiger partial charge in [-0.25, -0.2) is 4.57 Å². The van der Waals surface area contributed by atoms with Crippen LogP contribution in [-0.4, -0.2) is 59.9 Å². The number of hydrogen-bond donors (Lipinski definition) is 3. The van der Waals surface area contributed by atoms with E-state index in [9.17, 15) is 23.8 Å². The Morgan fingerprint density at radius 3 is 1.50 bits per heavy atom. The second kappa shape index (κ2) is 34.3. The van der Waals surface area contributed by atoms with Crippen molar-refractivity contribution in [3.8, 4) is 0 Å². The molecule has 294 valence electrons. The Bertz CT molecular complexity index is 916. The van der Waals surface area contributed by atoms with Crippen molar-refractivity contribution in [2.75, 3.05) is 19.8 Å². The number of phosphoric ester groups is 1. The molecule has 0 aromatic rings. The summed E-state index contributed by atoms with van der Waals surface area (Å²) in [5, 5.41) is 8.86. The Morgan fingerprint density at radius 1 is 0.600 bits per heavy atom. The van der Waals surface area contributed by atoms with Gasteiger partial charge < -0.3 is 25.2 Å². The topological polar surface area (TPSA) is 172 Å². The van der Waals surface area contributed by atoms with Crippen LogP contribution in [0.3, 0.4) is 0 Å². The zero-order chi connectivity index (χ0) is 37.1. The van der Waals surface area contributed by atoms with Gasteiger partial charge in [0.05, 0.1) is 13.2 Å². The van der Waals surface area contributed by atoms with Crippen molar-refractivity contribution >= 4 is 25.7 Å². The summed E-state index contributed by atoms with van der Waals surface area (Å²) in [5.41, 5.74) is 5.31. The number of nitrogens with two attached hydrogens (primary N) is 1. The standard InChI is InChI=1S/C38H72NO10P/c1-3-5-7-9-11-13-15-17-18-20-21-23-25-27-29-36(40)46-31-34(32-47-50(44,45)48-33-35(39)38(42)43)49-37(41)30-28-26-24-22-19-16-14-12-10-8-6-4-2/h12,14,34-35H,3-11,13,15-33,39H2,1-2H3,(H,42,43)(H,44,45)/b14-12-/t34-,35+/m1/s1. The van der Waals surface area contributed by atoms with E-state index in [0.29, 0.717) is 12.8 Å². The third-order valence-corrected chi connectivity index (χ3v) is 9.46. The van der Waals surface area contributed by atoms with Crippen molar-refractivity contribution in [2.24, 2.45) is 5.73 Å². The number of rotatable bonds is 37. The molecule has 0 aliphatic carbocycles. The van der Waals surface area contributed by atoms with Crippen molar-refractivity contribution in [1.82, 2.24) is 0 Å². The highest BCUT2D eigenvalue weighted by Crippen LogP contribution is 2.43. The lowest BCUT2D eigenvalue weighted by Crippen LogP contribution is -2.34. The van der Waals surface area contributed by atoms with Gasteiger partial charge in [-0.2, -0.15) is 0 Å². The first-order valence-corrected chi connectivity index (χ1v) is 21.2. The van der Waals surface area contributed by atoms with E-state index in [1.807, 2.05) is 0 Å². The first-order valence-electron chi connectivity index (χ1n) is 19.7. The molecule has 0 amide bonds. The first-order chi connectivity index (χ1) is 24.1. The predicted octanol–water partition coefficient (Wildman–Crippen LogP) is 9.73. The van der Waals surface area contributed by atoms with Gasteiger partial charge in [0.1, 0.15) is 12.6 Å². The van der Waals surface area contributed by atoms with Gasteiger partial charge in [-0.3, -0.25) is 23.4 Å². The fourth-order valence-electron chi connectivity index (χ4n) is 5.35. The van der Waals surface area contributed by atoms with Gasteiger partial charge in [0.2, 0.25) is 0 Å². The molecule has 0 fully saturated rings. The minimum absolute atomic E-state index is 0.154. The predicted molar refractivity (Wildman–Crippen MR) is 199 cm³/mol. The van der Waals surface area contributed by atoms with E-state index in [2.05, 4.69) is 30.5 Å². The highest BCUT2D eigenvalue weighted by molar-refractivity contribution is 7.47. The summed E-state index contributed by atoms with van der Waals surface area (Å²) in [7, 11) is -4.71. The Balaban J connectivity index is 4.41. The molecule has 0 saturated carbocycles. The van der Waals surface area contributed by atoms with Gasteiger partial charge in [-0.05, 0) is 38.5 Å². The first kappa shape index (κ1) is 48.2. The Labute approximate surface area is 303 Å². The molecule has 12 heteroatoms. The fourth-order valence-corrected chi connectivity index (χ4v) is 6.13. The van der Waals surface area contributed by atoms with E-state index >= 15 is 0 Å². The summed E-state index contributed by atoms with van der Waals surface area (Å²) < 4.78 is 32.6. The van der Waals surface area contributed by atoms with Gasteiger partial charge in [0.25, 0.3) is 0 Å². The van der Waals surface area contributed by atoms with Crippen LogP contribution in [0, 0.1) is 0 Å². The molecule has 0 spiro atoms. The number of esters is 2. The highest BCUT2D eigenvalue weighted by atomic mass is 31.2. The number of carboxylic acids is 1. The lowest BCUT2D eigenvalue weighted by atomic mass is 10.0. The normalized spacial score (nSPS) is 14.0. The second-order valence-corrected chi connectivity index (χ2v) is 14.9. The van der Waals surface area contributed by atoms with E-state index in [4.69, 9.17) is 24.8 Å². The zero-order valence-corrected chi connectivity index (χ0v) is 32.4. The Morgan fingerprint density at radius 2 is 1.00 bits per heavy atom. The van der Waals surface area contributed by atoms with Crippen molar-refractivity contribution in [2.45, 2.75) is 193 Å². The average molecular weight is 734 g/mol. The molecule has 50 heavy (non-hydrogen) atoms. The molecule has 0 saturated heterocycles. The Hall–Kier alpha value is -1.78. The van der Waals surface area contributed by atoms with Crippen LogP contribution in [0.15, 0.2) is 12.2 Å². The number of phosphoric acid groups is 1. The molecule has 0 aliphatic heterocycles. The summed E-state index contributed by atoms with van der Waals surface area (Å²) in [6.45, 7) is 2.76. The maximum Gasteiger partial charge on any atom is 0.472 e. The molecule has 11 nitrogen and oxygen atoms in total. The van der Waals surface area contributed by atoms with Crippen LogP contribution >= 0.6 is 7.82 Å². The third kappa shape index (κ3) is 33.4. The van der Waals surface area contributed by atoms with E-state index in [0.717, 1.165) is 57.8 Å². The number of carbonyl (C=O) groups excluding carboxylic acids is 2. The Kier molecular flexibility index (Phi) is 33.1. The maximum atomic E-state index is 12.5. The fraction of sp³-hybridized carbons (Fsp3) is 0.868. The summed E-state index contributed by atoms with van der Waals surface area (Å²) in [4.78, 5) is 45.7. The minimum atomic E-state index is -4.71. The van der Waals surface area contributed by atoms with Crippen LogP contribution in [0.1, 0.15) is 181 Å². The zero-order valence-electron chi connectivity index (χ0n) is 31.5. The number of allylic oxidation sites excluding steroid dienone is 2. The number of unbranched alkanes of at least 4 members (excludes halogenated alkanes) is 21. The lowest BCUT2D eigenvalue weighted by Gasteiger charge is -2.20. The summed E-state index contributed by atoms with van der Waals surface area (Å²) in [5.74, 6) is -2.38. The van der Waals surface area contributed by atoms with Crippen LogP contribution in [-0.2, 0) is 37.5 Å². The molecule has 4 N–H and O–H groups in total. The van der Waals surface area contributed by atoms with Crippen LogP contribution < -0.4 is 5.73 Å². The van der Waals surface area contributed by atoms with Crippen LogP contribution in [0.4, 0.5) is 0 Å². The summed E-state index contributed by atoms with van der Waals surface area (Å²) in [6, 6.07) is -1.52. The van der Waals surface area contributed by atoms with E-state index in [1.165, 1.54) is 83.5 Å². The molecular weight excluding hydrogens is 661 g/mol. The van der Waals surface area contributed by atoms with Gasteiger partial charge >= 0.3 is 25.7 Å². The molecule has 0 heterocycles. The maximum absolute atomic E-state index is 12.5. The van der Waals surface area contributed by atoms with Crippen LogP contribution in [0.2, 0.25) is 0 Å². The average Bonchev–Trinajstić information content (AvgIpc) is 3.09. The molecule has 0 aromatic carbocycles. The molecule has 3 atom stereocenters. The number of ether oxygens (including phenoxy) is 2. The quantitative estimate of drug-likeness (QED) is 0.0240. The highest BCUT2D eigenvalue weighted by Gasteiger charge is 2.28. The third-order valence-electron chi connectivity index (χ3n) is 8.51. The minimum Gasteiger partial charge on any atom is -0.480 e. The van der Waals surface area contributed by atoms with E-state index in [-0.39, 0.29) is 19.4 Å². The van der Waals surface area contributed by atoms with E-state index in [1.54, 1.807) is 0 Å². The number of hydrogen-bond acceptors (Lipinski definition) is 9. The smallest absolute Gasteiger partial charge is 0.472 e. The molecule has 1 unspecified atom stereocenters. The van der Waals surface area contributed by atoms with Gasteiger partial charge in [-0.15, -0.1) is 0 Å². The summed E-state index contributed by atoms with van der Waals surface area (Å²) in [6.07, 6.45) is 31.4. The van der Waals surface area contributed by atoms with Gasteiger partial charge in [-0.1, -0.05) is 142 Å². The monoisotopic (exact) mass is 733 g/mol. The number of carboxylic acid groups (broad SMARTS) is 1. The summed E-state index contributed by atoms with van der Waals surface area (Å²) >= 11 is 0. The molecule has 0 radical (unpaired) electrons. The molecule has 0 bridgehead atoms. The molecule has 0 aliphatic rings. The van der Waals surface area contributed by atoms with Crippen molar-refractivity contribution < 1.29 is 47.5 Å². The van der Waals surface area contributed by atoms with Gasteiger partial charge in [0, 0.05) is 12.8 Å². The second-order valence-electron chi connectivity index (χ2n) is 13.4. The number of carbonyl (C=O) groups is 3. The van der Waals surface area contributed by atoms with Crippen LogP contribution in [0.5, 0.6) is 0 Å². The van der Waals surface area contributed by atoms with E-state index < -0.39 is 51.1 Å².